The highest BCUT2D eigenvalue weighted by Gasteiger charge is 2.34. The number of aromatic nitrogens is 1. The number of pyridine rings is 1. The fraction of sp³-hybridized carbons (Fsp3) is 0.214. The van der Waals surface area contributed by atoms with Gasteiger partial charge in [0.25, 0.3) is 0 Å². The van der Waals surface area contributed by atoms with Crippen molar-refractivity contribution in [2.24, 2.45) is 5.73 Å². The van der Waals surface area contributed by atoms with Crippen LogP contribution in [0.15, 0.2) is 36.7 Å². The van der Waals surface area contributed by atoms with E-state index in [1.807, 2.05) is 0 Å². The molecule has 1 aromatic carbocycles. The van der Waals surface area contributed by atoms with Crippen molar-refractivity contribution in [1.82, 2.24) is 4.98 Å². The van der Waals surface area contributed by atoms with Gasteiger partial charge < -0.3 is 5.73 Å². The summed E-state index contributed by atoms with van der Waals surface area (Å²) in [5, 5.41) is 0. The maximum atomic E-state index is 13.5. The first-order valence-electron chi connectivity index (χ1n) is 6.00. The van der Waals surface area contributed by atoms with Gasteiger partial charge in [0.05, 0.1) is 5.56 Å². The summed E-state index contributed by atoms with van der Waals surface area (Å²) in [6.45, 7) is 0. The lowest BCUT2D eigenvalue weighted by molar-refractivity contribution is -0.138. The van der Waals surface area contributed by atoms with Crippen LogP contribution in [0.2, 0.25) is 0 Å². The molecule has 112 valence electrons. The summed E-state index contributed by atoms with van der Waals surface area (Å²) >= 11 is 0. The summed E-state index contributed by atoms with van der Waals surface area (Å²) in [4.78, 5) is 3.61. The molecule has 0 spiro atoms. The largest absolute Gasteiger partial charge is 0.416 e. The number of hydrogen-bond acceptors (Lipinski definition) is 2. The lowest BCUT2D eigenvalue weighted by atomic mass is 9.96. The van der Waals surface area contributed by atoms with Crippen molar-refractivity contribution in [1.29, 1.82) is 0 Å². The zero-order chi connectivity index (χ0) is 15.6. The Morgan fingerprint density at radius 1 is 1.14 bits per heavy atom. The van der Waals surface area contributed by atoms with E-state index in [2.05, 4.69) is 4.98 Å². The van der Waals surface area contributed by atoms with Crippen molar-refractivity contribution in [3.63, 3.8) is 0 Å². The van der Waals surface area contributed by atoms with Crippen LogP contribution in [0.1, 0.15) is 22.7 Å². The smallest absolute Gasteiger partial charge is 0.324 e. The minimum absolute atomic E-state index is 0.0838. The predicted octanol–water partition coefficient (Wildman–Crippen LogP) is 3.62. The molecule has 1 aromatic heterocycles. The fourth-order valence-electron chi connectivity index (χ4n) is 2.01. The number of halogens is 5. The molecule has 1 atom stereocenters. The standard InChI is InChI=1S/C14H11F5N2/c15-11-3-1-2-8(13(11)16)6-12(20)9-7-21-5-4-10(9)14(17,18)19/h1-5,7,12H,6,20H2. The molecule has 2 nitrogen and oxygen atoms in total. The highest BCUT2D eigenvalue weighted by molar-refractivity contribution is 5.31. The molecule has 7 heteroatoms. The minimum atomic E-state index is -4.59. The number of nitrogens with zero attached hydrogens (tertiary/aromatic N) is 1. The van der Waals surface area contributed by atoms with E-state index in [-0.39, 0.29) is 17.5 Å². The third-order valence-electron chi connectivity index (χ3n) is 3.03. The second-order valence-corrected chi connectivity index (χ2v) is 4.48. The van der Waals surface area contributed by atoms with E-state index in [0.717, 1.165) is 24.5 Å². The highest BCUT2D eigenvalue weighted by atomic mass is 19.4. The van der Waals surface area contributed by atoms with Crippen LogP contribution in [0.25, 0.3) is 0 Å². The monoisotopic (exact) mass is 302 g/mol. The summed E-state index contributed by atoms with van der Waals surface area (Å²) in [6, 6.07) is 3.13. The average molecular weight is 302 g/mol. The molecule has 1 heterocycles. The van der Waals surface area contributed by atoms with Crippen LogP contribution >= 0.6 is 0 Å². The van der Waals surface area contributed by atoms with Gasteiger partial charge in [0.15, 0.2) is 11.6 Å². The summed E-state index contributed by atoms with van der Waals surface area (Å²) in [5.41, 5.74) is 4.45. The van der Waals surface area contributed by atoms with E-state index in [9.17, 15) is 22.0 Å². The van der Waals surface area contributed by atoms with Crippen LogP contribution in [-0.2, 0) is 12.6 Å². The summed E-state index contributed by atoms with van der Waals surface area (Å²) in [5.74, 6) is -2.17. The molecule has 0 aliphatic heterocycles. The summed E-state index contributed by atoms with van der Waals surface area (Å²) in [6.07, 6.45) is -2.86. The molecule has 0 bridgehead atoms. The number of nitrogens with two attached hydrogens (primary N) is 1. The second-order valence-electron chi connectivity index (χ2n) is 4.48. The molecule has 2 N–H and O–H groups in total. The van der Waals surface area contributed by atoms with E-state index in [1.165, 1.54) is 12.1 Å². The zero-order valence-corrected chi connectivity index (χ0v) is 10.7. The fourth-order valence-corrected chi connectivity index (χ4v) is 2.01. The van der Waals surface area contributed by atoms with Gasteiger partial charge in [-0.25, -0.2) is 8.78 Å². The Hall–Kier alpha value is -2.02. The van der Waals surface area contributed by atoms with E-state index in [4.69, 9.17) is 5.73 Å². The lowest BCUT2D eigenvalue weighted by Crippen LogP contribution is -2.20. The maximum Gasteiger partial charge on any atom is 0.416 e. The second kappa shape index (κ2) is 5.77. The number of benzene rings is 1. The van der Waals surface area contributed by atoms with Crippen molar-refractivity contribution >= 4 is 0 Å². The van der Waals surface area contributed by atoms with Crippen LogP contribution in [0.3, 0.4) is 0 Å². The molecule has 0 amide bonds. The molecule has 0 aliphatic rings. The van der Waals surface area contributed by atoms with Crippen molar-refractivity contribution in [3.05, 3.63) is 65.0 Å². The molecule has 0 saturated heterocycles. The Morgan fingerprint density at radius 2 is 1.86 bits per heavy atom. The van der Waals surface area contributed by atoms with Crippen LogP contribution < -0.4 is 5.73 Å². The van der Waals surface area contributed by atoms with Gasteiger partial charge in [0, 0.05) is 18.4 Å². The Morgan fingerprint density at radius 3 is 2.52 bits per heavy atom. The molecule has 21 heavy (non-hydrogen) atoms. The van der Waals surface area contributed by atoms with Gasteiger partial charge in [-0.2, -0.15) is 13.2 Å². The molecule has 1 unspecified atom stereocenters. The molecule has 0 fully saturated rings. The van der Waals surface area contributed by atoms with E-state index >= 15 is 0 Å². The first-order chi connectivity index (χ1) is 9.80. The van der Waals surface area contributed by atoms with Crippen molar-refractivity contribution in [3.8, 4) is 0 Å². The van der Waals surface area contributed by atoms with Gasteiger partial charge in [0.2, 0.25) is 0 Å². The quantitative estimate of drug-likeness (QED) is 0.880. The van der Waals surface area contributed by atoms with Gasteiger partial charge in [-0.15, -0.1) is 0 Å². The van der Waals surface area contributed by atoms with Crippen LogP contribution in [-0.4, -0.2) is 4.98 Å². The first kappa shape index (κ1) is 15.4. The lowest BCUT2D eigenvalue weighted by Gasteiger charge is -2.18. The third-order valence-corrected chi connectivity index (χ3v) is 3.03. The summed E-state index contributed by atoms with van der Waals surface area (Å²) in [7, 11) is 0. The predicted molar refractivity (Wildman–Crippen MR) is 66.2 cm³/mol. The maximum absolute atomic E-state index is 13.5. The van der Waals surface area contributed by atoms with E-state index in [0.29, 0.717) is 0 Å². The third kappa shape index (κ3) is 3.36. The van der Waals surface area contributed by atoms with Crippen LogP contribution in [0, 0.1) is 11.6 Å². The summed E-state index contributed by atoms with van der Waals surface area (Å²) < 4.78 is 65.3. The van der Waals surface area contributed by atoms with Crippen molar-refractivity contribution in [2.75, 3.05) is 0 Å². The average Bonchev–Trinajstić information content (AvgIpc) is 2.43. The molecule has 2 aromatic rings. The van der Waals surface area contributed by atoms with Gasteiger partial charge in [0.1, 0.15) is 0 Å². The minimum Gasteiger partial charge on any atom is -0.324 e. The molecule has 0 saturated carbocycles. The Labute approximate surface area is 117 Å². The molecular weight excluding hydrogens is 291 g/mol. The SMILES string of the molecule is NC(Cc1cccc(F)c1F)c1cnccc1C(F)(F)F. The van der Waals surface area contributed by atoms with Crippen molar-refractivity contribution in [2.45, 2.75) is 18.6 Å². The van der Waals surface area contributed by atoms with Gasteiger partial charge >= 0.3 is 6.18 Å². The normalized spacial score (nSPS) is 13.2. The topological polar surface area (TPSA) is 38.9 Å². The Bertz CT molecular complexity index is 640. The van der Waals surface area contributed by atoms with Crippen LogP contribution in [0.4, 0.5) is 22.0 Å². The first-order valence-corrected chi connectivity index (χ1v) is 6.00. The van der Waals surface area contributed by atoms with Crippen molar-refractivity contribution < 1.29 is 22.0 Å². The van der Waals surface area contributed by atoms with E-state index < -0.39 is 29.4 Å². The zero-order valence-electron chi connectivity index (χ0n) is 10.7. The molecule has 0 radical (unpaired) electrons. The van der Waals surface area contributed by atoms with Gasteiger partial charge in [-0.3, -0.25) is 4.98 Å². The number of hydrogen-bond donors (Lipinski definition) is 1. The number of alkyl halides is 3. The van der Waals surface area contributed by atoms with Gasteiger partial charge in [-0.1, -0.05) is 12.1 Å². The molecular formula is C14H11F5N2. The van der Waals surface area contributed by atoms with E-state index in [1.54, 1.807) is 0 Å². The molecule has 0 aliphatic carbocycles. The van der Waals surface area contributed by atoms with Crippen LogP contribution in [0.5, 0.6) is 0 Å². The highest BCUT2D eigenvalue weighted by Crippen LogP contribution is 2.34. The Balaban J connectivity index is 2.33. The van der Waals surface area contributed by atoms with Gasteiger partial charge in [-0.05, 0) is 29.7 Å². The molecule has 2 rings (SSSR count). The number of rotatable bonds is 3. The Kier molecular flexibility index (Phi) is 4.22.